The van der Waals surface area contributed by atoms with Gasteiger partial charge in [-0.15, -0.1) is 0 Å². The van der Waals surface area contributed by atoms with Gasteiger partial charge in [-0.1, -0.05) is 6.07 Å². The maximum Gasteiger partial charge on any atom is 0.222 e. The number of piperidine rings is 1. The van der Waals surface area contributed by atoms with Crippen LogP contribution in [0.4, 0.5) is 11.6 Å². The number of likely N-dealkylation sites (N-methyl/N-ethyl adjacent to an activating group) is 1. The third-order valence-corrected chi connectivity index (χ3v) is 5.48. The normalized spacial score (nSPS) is 16.5. The highest BCUT2D eigenvalue weighted by atomic mass is 16.2. The van der Waals surface area contributed by atoms with Crippen molar-refractivity contribution in [3.05, 3.63) is 42.5 Å². The summed E-state index contributed by atoms with van der Waals surface area (Å²) < 4.78 is 0. The van der Waals surface area contributed by atoms with Gasteiger partial charge >= 0.3 is 0 Å². The molecule has 0 spiro atoms. The molecule has 1 amide bonds. The van der Waals surface area contributed by atoms with Crippen LogP contribution in [0.15, 0.2) is 36.8 Å². The molecule has 156 valence electrons. The molecular formula is C22H32N6O. The first kappa shape index (κ1) is 21.0. The molecular weight excluding hydrogens is 364 g/mol. The summed E-state index contributed by atoms with van der Waals surface area (Å²) in [6, 6.07) is 7.91. The van der Waals surface area contributed by atoms with Gasteiger partial charge in [-0.3, -0.25) is 9.78 Å². The van der Waals surface area contributed by atoms with Crippen LogP contribution < -0.4 is 10.2 Å². The number of rotatable bonds is 9. The quantitative estimate of drug-likeness (QED) is 0.702. The van der Waals surface area contributed by atoms with E-state index in [1.807, 2.05) is 36.2 Å². The lowest BCUT2D eigenvalue weighted by Crippen LogP contribution is -2.37. The van der Waals surface area contributed by atoms with Gasteiger partial charge in [-0.2, -0.15) is 0 Å². The van der Waals surface area contributed by atoms with Gasteiger partial charge in [0.15, 0.2) is 0 Å². The molecule has 1 fully saturated rings. The summed E-state index contributed by atoms with van der Waals surface area (Å²) in [4.78, 5) is 29.7. The summed E-state index contributed by atoms with van der Waals surface area (Å²) in [5.74, 6) is 2.58. The predicted molar refractivity (Wildman–Crippen MR) is 116 cm³/mol. The van der Waals surface area contributed by atoms with Crippen molar-refractivity contribution in [2.75, 3.05) is 43.4 Å². The van der Waals surface area contributed by atoms with Gasteiger partial charge < -0.3 is 15.1 Å². The fraction of sp³-hybridized carbons (Fsp3) is 0.545. The third-order valence-electron chi connectivity index (χ3n) is 5.48. The number of amides is 1. The smallest absolute Gasteiger partial charge is 0.222 e. The highest BCUT2D eigenvalue weighted by molar-refractivity contribution is 5.75. The van der Waals surface area contributed by atoms with E-state index in [0.717, 1.165) is 56.2 Å². The van der Waals surface area contributed by atoms with E-state index in [9.17, 15) is 4.79 Å². The van der Waals surface area contributed by atoms with E-state index in [2.05, 4.69) is 32.1 Å². The highest BCUT2D eigenvalue weighted by Gasteiger charge is 2.22. The van der Waals surface area contributed by atoms with Crippen LogP contribution in [0.1, 0.15) is 38.3 Å². The second-order valence-corrected chi connectivity index (χ2v) is 7.67. The first-order chi connectivity index (χ1) is 14.2. The topological polar surface area (TPSA) is 74.2 Å². The fourth-order valence-electron chi connectivity index (χ4n) is 3.78. The van der Waals surface area contributed by atoms with Crippen LogP contribution in [0.2, 0.25) is 0 Å². The second-order valence-electron chi connectivity index (χ2n) is 7.67. The van der Waals surface area contributed by atoms with Crippen LogP contribution in [-0.4, -0.2) is 59.0 Å². The zero-order valence-corrected chi connectivity index (χ0v) is 17.5. The number of carbonyl (C=O) groups excluding carboxylic acids is 1. The average Bonchev–Trinajstić information content (AvgIpc) is 2.77. The van der Waals surface area contributed by atoms with Gasteiger partial charge in [0, 0.05) is 64.0 Å². The number of hydrogen-bond acceptors (Lipinski definition) is 6. The minimum absolute atomic E-state index is 0.217. The highest BCUT2D eigenvalue weighted by Crippen LogP contribution is 2.25. The van der Waals surface area contributed by atoms with Gasteiger partial charge in [0.1, 0.15) is 18.0 Å². The molecule has 1 atom stereocenters. The number of carbonyl (C=O) groups is 1. The first-order valence-electron chi connectivity index (χ1n) is 10.6. The van der Waals surface area contributed by atoms with Crippen molar-refractivity contribution in [2.45, 2.75) is 39.0 Å². The Labute approximate surface area is 173 Å². The molecule has 7 nitrogen and oxygen atoms in total. The molecule has 29 heavy (non-hydrogen) atoms. The zero-order valence-electron chi connectivity index (χ0n) is 17.5. The lowest BCUT2D eigenvalue weighted by atomic mass is 9.93. The number of nitrogens with one attached hydrogen (secondary N) is 1. The molecule has 1 saturated heterocycles. The van der Waals surface area contributed by atoms with Crippen LogP contribution in [0.3, 0.4) is 0 Å². The summed E-state index contributed by atoms with van der Waals surface area (Å²) in [6.07, 6.45) is 8.05. The lowest BCUT2D eigenvalue weighted by molar-refractivity contribution is -0.130. The molecule has 3 heterocycles. The van der Waals surface area contributed by atoms with Crippen LogP contribution in [0, 0.1) is 5.92 Å². The van der Waals surface area contributed by atoms with Gasteiger partial charge in [0.05, 0.1) is 0 Å². The van der Waals surface area contributed by atoms with E-state index < -0.39 is 0 Å². The minimum atomic E-state index is 0.217. The summed E-state index contributed by atoms with van der Waals surface area (Å²) in [5.41, 5.74) is 1.02. The van der Waals surface area contributed by atoms with Crippen LogP contribution >= 0.6 is 0 Å². The number of aromatic nitrogens is 3. The molecule has 0 aliphatic carbocycles. The number of anilines is 2. The molecule has 3 rings (SSSR count). The van der Waals surface area contributed by atoms with Crippen LogP contribution in [0.25, 0.3) is 0 Å². The largest absolute Gasteiger partial charge is 0.370 e. The first-order valence-corrected chi connectivity index (χ1v) is 10.6. The Morgan fingerprint density at radius 3 is 3.00 bits per heavy atom. The SMILES string of the molecule is CCNc1cc(N2CCCC(CCC(=O)N(C)CCc3ccccn3)C2)ncn1. The van der Waals surface area contributed by atoms with Crippen molar-refractivity contribution < 1.29 is 4.79 Å². The Bertz CT molecular complexity index is 769. The van der Waals surface area contributed by atoms with E-state index >= 15 is 0 Å². The predicted octanol–water partition coefficient (Wildman–Crippen LogP) is 3.00. The van der Waals surface area contributed by atoms with Crippen molar-refractivity contribution in [3.63, 3.8) is 0 Å². The lowest BCUT2D eigenvalue weighted by Gasteiger charge is -2.33. The minimum Gasteiger partial charge on any atom is -0.370 e. The molecule has 0 saturated carbocycles. The Hall–Kier alpha value is -2.70. The molecule has 1 aliphatic rings. The summed E-state index contributed by atoms with van der Waals surface area (Å²) in [7, 11) is 1.89. The Morgan fingerprint density at radius 1 is 1.31 bits per heavy atom. The van der Waals surface area contributed by atoms with E-state index in [0.29, 0.717) is 18.9 Å². The molecule has 1 N–H and O–H groups in total. The number of hydrogen-bond donors (Lipinski definition) is 1. The summed E-state index contributed by atoms with van der Waals surface area (Å²) in [6.45, 7) is 5.57. The summed E-state index contributed by atoms with van der Waals surface area (Å²) >= 11 is 0. The maximum atomic E-state index is 12.5. The Morgan fingerprint density at radius 2 is 2.21 bits per heavy atom. The van der Waals surface area contributed by atoms with Gasteiger partial charge in [0.2, 0.25) is 5.91 Å². The third kappa shape index (κ3) is 6.41. The number of pyridine rings is 1. The van der Waals surface area contributed by atoms with Crippen molar-refractivity contribution in [1.82, 2.24) is 19.9 Å². The van der Waals surface area contributed by atoms with Crippen LogP contribution in [-0.2, 0) is 11.2 Å². The second kappa shape index (κ2) is 10.7. The van der Waals surface area contributed by atoms with Crippen molar-refractivity contribution >= 4 is 17.5 Å². The van der Waals surface area contributed by atoms with Gasteiger partial charge in [-0.25, -0.2) is 9.97 Å². The van der Waals surface area contributed by atoms with Crippen molar-refractivity contribution in [2.24, 2.45) is 5.92 Å². The molecule has 2 aromatic heterocycles. The van der Waals surface area contributed by atoms with E-state index in [4.69, 9.17) is 0 Å². The van der Waals surface area contributed by atoms with Crippen LogP contribution in [0.5, 0.6) is 0 Å². The fourth-order valence-corrected chi connectivity index (χ4v) is 3.78. The molecule has 1 unspecified atom stereocenters. The van der Waals surface area contributed by atoms with E-state index in [-0.39, 0.29) is 5.91 Å². The van der Waals surface area contributed by atoms with Gasteiger partial charge in [-0.05, 0) is 44.2 Å². The zero-order chi connectivity index (χ0) is 20.5. The van der Waals surface area contributed by atoms with Gasteiger partial charge in [0.25, 0.3) is 0 Å². The Kier molecular flexibility index (Phi) is 7.78. The Balaban J connectivity index is 1.45. The average molecular weight is 397 g/mol. The molecule has 7 heteroatoms. The molecule has 0 aromatic carbocycles. The molecule has 0 bridgehead atoms. The van der Waals surface area contributed by atoms with E-state index in [1.54, 1.807) is 12.5 Å². The standard InChI is InChI=1S/C22H32N6O/c1-3-23-20-15-21(26-17-25-20)28-13-6-7-18(16-28)9-10-22(29)27(2)14-11-19-8-4-5-12-24-19/h4-5,8,12,15,17-18H,3,6-7,9-11,13-14,16H2,1-2H3,(H,23,25,26). The van der Waals surface area contributed by atoms with Crippen molar-refractivity contribution in [1.29, 1.82) is 0 Å². The summed E-state index contributed by atoms with van der Waals surface area (Å²) in [5, 5.41) is 3.24. The molecule has 1 aliphatic heterocycles. The number of nitrogens with zero attached hydrogens (tertiary/aromatic N) is 5. The van der Waals surface area contributed by atoms with E-state index in [1.165, 1.54) is 6.42 Å². The molecule has 0 radical (unpaired) electrons. The molecule has 2 aromatic rings. The van der Waals surface area contributed by atoms with Crippen molar-refractivity contribution in [3.8, 4) is 0 Å². The maximum absolute atomic E-state index is 12.5. The monoisotopic (exact) mass is 396 g/mol.